The Bertz CT molecular complexity index is 768. The highest BCUT2D eigenvalue weighted by Crippen LogP contribution is 2.20. The van der Waals surface area contributed by atoms with Crippen molar-refractivity contribution in [1.29, 1.82) is 0 Å². The fourth-order valence-electron chi connectivity index (χ4n) is 3.06. The predicted octanol–water partition coefficient (Wildman–Crippen LogP) is 2.96. The Balaban J connectivity index is 1.59. The first-order chi connectivity index (χ1) is 12.0. The van der Waals surface area contributed by atoms with Crippen molar-refractivity contribution in [2.75, 3.05) is 26.2 Å². The third-order valence-corrected chi connectivity index (χ3v) is 4.92. The van der Waals surface area contributed by atoms with E-state index in [9.17, 15) is 9.18 Å². The van der Waals surface area contributed by atoms with Crippen molar-refractivity contribution in [1.82, 2.24) is 19.6 Å². The Labute approximate surface area is 152 Å². The molecule has 1 aliphatic rings. The molecule has 2 aromatic rings. The van der Waals surface area contributed by atoms with Gasteiger partial charge in [0.15, 0.2) is 0 Å². The zero-order chi connectivity index (χ0) is 18.0. The minimum Gasteiger partial charge on any atom is -0.336 e. The molecule has 134 valence electrons. The van der Waals surface area contributed by atoms with Crippen LogP contribution in [0.15, 0.2) is 24.4 Å². The van der Waals surface area contributed by atoms with Crippen molar-refractivity contribution in [2.24, 2.45) is 0 Å². The van der Waals surface area contributed by atoms with E-state index in [0.717, 1.165) is 30.9 Å². The highest BCUT2D eigenvalue weighted by Gasteiger charge is 2.24. The highest BCUT2D eigenvalue weighted by atomic mass is 35.5. The lowest BCUT2D eigenvalue weighted by Gasteiger charge is -2.34. The number of carbonyl (C=O) groups excluding carboxylic acids is 1. The van der Waals surface area contributed by atoms with Crippen LogP contribution >= 0.6 is 11.6 Å². The molecule has 0 radical (unpaired) electrons. The average molecular weight is 365 g/mol. The maximum absolute atomic E-state index is 13.1. The summed E-state index contributed by atoms with van der Waals surface area (Å²) in [7, 11) is 0. The van der Waals surface area contributed by atoms with E-state index >= 15 is 0 Å². The number of nitrogens with zero attached hydrogens (tertiary/aromatic N) is 4. The van der Waals surface area contributed by atoms with Crippen LogP contribution in [0.3, 0.4) is 0 Å². The summed E-state index contributed by atoms with van der Waals surface area (Å²) in [6.07, 6.45) is 1.82. The number of aryl methyl sites for hydroxylation is 2. The fraction of sp³-hybridized carbons (Fsp3) is 0.444. The van der Waals surface area contributed by atoms with Crippen LogP contribution in [0.5, 0.6) is 0 Å². The first-order valence-electron chi connectivity index (χ1n) is 8.47. The molecule has 0 bridgehead atoms. The molecule has 0 N–H and O–H groups in total. The van der Waals surface area contributed by atoms with Crippen molar-refractivity contribution in [3.63, 3.8) is 0 Å². The Hall–Kier alpha value is -1.92. The van der Waals surface area contributed by atoms with Crippen molar-refractivity contribution < 1.29 is 9.18 Å². The van der Waals surface area contributed by atoms with Gasteiger partial charge in [0.1, 0.15) is 5.82 Å². The van der Waals surface area contributed by atoms with E-state index in [4.69, 9.17) is 11.6 Å². The molecular weight excluding hydrogens is 343 g/mol. The van der Waals surface area contributed by atoms with Crippen molar-refractivity contribution in [3.05, 3.63) is 52.1 Å². The normalized spacial score (nSPS) is 15.6. The van der Waals surface area contributed by atoms with Gasteiger partial charge in [-0.05, 0) is 31.5 Å². The molecular formula is C18H22ClFN4O. The summed E-state index contributed by atoms with van der Waals surface area (Å²) in [5.41, 5.74) is 2.35. The van der Waals surface area contributed by atoms with Crippen molar-refractivity contribution >= 4 is 17.5 Å². The molecule has 0 atom stereocenters. The van der Waals surface area contributed by atoms with Gasteiger partial charge in [0, 0.05) is 50.5 Å². The average Bonchev–Trinajstić information content (AvgIpc) is 2.98. The molecule has 0 unspecified atom stereocenters. The van der Waals surface area contributed by atoms with E-state index in [-0.39, 0.29) is 11.7 Å². The molecule has 3 rings (SSSR count). The summed E-state index contributed by atoms with van der Waals surface area (Å²) in [6, 6.07) is 4.48. The Morgan fingerprint density at radius 1 is 1.28 bits per heavy atom. The Morgan fingerprint density at radius 3 is 2.60 bits per heavy atom. The number of piperazine rings is 1. The topological polar surface area (TPSA) is 41.4 Å². The molecule has 5 nitrogen and oxygen atoms in total. The molecule has 1 fully saturated rings. The summed E-state index contributed by atoms with van der Waals surface area (Å²) in [6.45, 7) is 8.13. The van der Waals surface area contributed by atoms with Gasteiger partial charge in [-0.3, -0.25) is 14.4 Å². The first kappa shape index (κ1) is 17.9. The van der Waals surface area contributed by atoms with Crippen LogP contribution < -0.4 is 0 Å². The lowest BCUT2D eigenvalue weighted by molar-refractivity contribution is 0.0627. The number of hydrogen-bond acceptors (Lipinski definition) is 3. The van der Waals surface area contributed by atoms with Gasteiger partial charge in [0.25, 0.3) is 5.91 Å². The number of aromatic nitrogens is 2. The van der Waals surface area contributed by atoms with Crippen LogP contribution in [0.1, 0.15) is 28.5 Å². The maximum Gasteiger partial charge on any atom is 0.257 e. The Kier molecular flexibility index (Phi) is 5.39. The van der Waals surface area contributed by atoms with Gasteiger partial charge in [-0.25, -0.2) is 4.39 Å². The molecule has 2 heterocycles. The summed E-state index contributed by atoms with van der Waals surface area (Å²) in [4.78, 5) is 16.8. The third kappa shape index (κ3) is 4.02. The van der Waals surface area contributed by atoms with Crippen LogP contribution in [0.2, 0.25) is 5.02 Å². The van der Waals surface area contributed by atoms with Gasteiger partial charge >= 0.3 is 0 Å². The van der Waals surface area contributed by atoms with Gasteiger partial charge in [0.2, 0.25) is 0 Å². The van der Waals surface area contributed by atoms with E-state index in [1.165, 1.54) is 12.1 Å². The minimum atomic E-state index is -0.327. The van der Waals surface area contributed by atoms with Gasteiger partial charge in [-0.15, -0.1) is 0 Å². The predicted molar refractivity (Wildman–Crippen MR) is 95.2 cm³/mol. The second-order valence-corrected chi connectivity index (χ2v) is 6.70. The van der Waals surface area contributed by atoms with Crippen LogP contribution in [0.25, 0.3) is 0 Å². The summed E-state index contributed by atoms with van der Waals surface area (Å²) in [5.74, 6) is -0.288. The van der Waals surface area contributed by atoms with E-state index in [1.54, 1.807) is 10.7 Å². The molecule has 0 aliphatic carbocycles. The number of hydrogen-bond donors (Lipinski definition) is 0. The summed E-state index contributed by atoms with van der Waals surface area (Å²) < 4.78 is 14.9. The summed E-state index contributed by atoms with van der Waals surface area (Å²) >= 11 is 6.10. The summed E-state index contributed by atoms with van der Waals surface area (Å²) in [5, 5.41) is 4.79. The molecule has 1 aromatic carbocycles. The number of benzene rings is 1. The van der Waals surface area contributed by atoms with Crippen LogP contribution in [-0.4, -0.2) is 51.7 Å². The standard InChI is InChI=1S/C18H22ClFN4O/c1-3-24-12-16(13(2)21-24)18(25)23-8-6-22(7-9-23)11-14-4-5-15(20)10-17(14)19/h4-5,10,12H,3,6-9,11H2,1-2H3. The van der Waals surface area contributed by atoms with Crippen LogP contribution in [0, 0.1) is 12.7 Å². The lowest BCUT2D eigenvalue weighted by atomic mass is 10.1. The van der Waals surface area contributed by atoms with E-state index in [2.05, 4.69) is 10.00 Å². The van der Waals surface area contributed by atoms with Gasteiger partial charge in [-0.2, -0.15) is 5.10 Å². The second-order valence-electron chi connectivity index (χ2n) is 6.29. The quantitative estimate of drug-likeness (QED) is 0.837. The molecule has 0 saturated carbocycles. The van der Waals surface area contributed by atoms with E-state index in [0.29, 0.717) is 30.2 Å². The molecule has 7 heteroatoms. The van der Waals surface area contributed by atoms with Gasteiger partial charge in [-0.1, -0.05) is 17.7 Å². The highest BCUT2D eigenvalue weighted by molar-refractivity contribution is 6.31. The van der Waals surface area contributed by atoms with E-state index < -0.39 is 0 Å². The van der Waals surface area contributed by atoms with Crippen LogP contribution in [-0.2, 0) is 13.1 Å². The van der Waals surface area contributed by atoms with E-state index in [1.807, 2.05) is 24.9 Å². The third-order valence-electron chi connectivity index (χ3n) is 4.57. The number of rotatable bonds is 4. The minimum absolute atomic E-state index is 0.0386. The molecule has 25 heavy (non-hydrogen) atoms. The maximum atomic E-state index is 13.1. The Morgan fingerprint density at radius 2 is 2.00 bits per heavy atom. The lowest BCUT2D eigenvalue weighted by Crippen LogP contribution is -2.48. The molecule has 0 spiro atoms. The zero-order valence-corrected chi connectivity index (χ0v) is 15.3. The SMILES string of the molecule is CCn1cc(C(=O)N2CCN(Cc3ccc(F)cc3Cl)CC2)c(C)n1. The fourth-order valence-corrected chi connectivity index (χ4v) is 3.29. The van der Waals surface area contributed by atoms with Crippen molar-refractivity contribution in [3.8, 4) is 0 Å². The molecule has 1 aromatic heterocycles. The number of halogens is 2. The molecule has 1 aliphatic heterocycles. The molecule has 1 amide bonds. The van der Waals surface area contributed by atoms with Crippen molar-refractivity contribution in [2.45, 2.75) is 26.9 Å². The smallest absolute Gasteiger partial charge is 0.257 e. The number of carbonyl (C=O) groups is 1. The van der Waals surface area contributed by atoms with Gasteiger partial charge in [0.05, 0.1) is 11.3 Å². The first-order valence-corrected chi connectivity index (χ1v) is 8.85. The second kappa shape index (κ2) is 7.54. The van der Waals surface area contributed by atoms with Crippen LogP contribution in [0.4, 0.5) is 4.39 Å². The zero-order valence-electron chi connectivity index (χ0n) is 14.5. The molecule has 1 saturated heterocycles. The largest absolute Gasteiger partial charge is 0.336 e. The monoisotopic (exact) mass is 364 g/mol. The number of amides is 1. The van der Waals surface area contributed by atoms with Gasteiger partial charge < -0.3 is 4.90 Å².